The minimum Gasteiger partial charge on any atom is -0.493 e. The first-order valence-corrected chi connectivity index (χ1v) is 5.28. The molecule has 1 saturated carbocycles. The summed E-state index contributed by atoms with van der Waals surface area (Å²) >= 11 is 5.86. The van der Waals surface area contributed by atoms with Crippen LogP contribution in [0.4, 0.5) is 0 Å². The van der Waals surface area contributed by atoms with E-state index in [4.69, 9.17) is 22.1 Å². The second-order valence-corrected chi connectivity index (χ2v) is 4.15. The van der Waals surface area contributed by atoms with Crippen LogP contribution in [-0.2, 0) is 6.54 Å². The third-order valence-electron chi connectivity index (χ3n) is 2.41. The Morgan fingerprint density at radius 1 is 1.43 bits per heavy atom. The highest BCUT2D eigenvalue weighted by Gasteiger charge is 2.22. The first kappa shape index (κ1) is 9.81. The van der Waals surface area contributed by atoms with Gasteiger partial charge in [0.25, 0.3) is 0 Å². The molecule has 0 atom stereocenters. The minimum absolute atomic E-state index is 0.473. The summed E-state index contributed by atoms with van der Waals surface area (Å²) in [6, 6.07) is 5.60. The molecule has 1 aromatic carbocycles. The van der Waals surface area contributed by atoms with Crippen LogP contribution in [0.5, 0.6) is 5.75 Å². The summed E-state index contributed by atoms with van der Waals surface area (Å²) in [7, 11) is 0. The van der Waals surface area contributed by atoms with E-state index < -0.39 is 0 Å². The van der Waals surface area contributed by atoms with Crippen molar-refractivity contribution in [3.63, 3.8) is 0 Å². The molecular formula is C11H14ClNO. The Labute approximate surface area is 89.0 Å². The second-order valence-electron chi connectivity index (χ2n) is 3.71. The van der Waals surface area contributed by atoms with Crippen molar-refractivity contribution in [2.24, 2.45) is 11.7 Å². The zero-order chi connectivity index (χ0) is 9.97. The fraction of sp³-hybridized carbons (Fsp3) is 0.455. The van der Waals surface area contributed by atoms with Gasteiger partial charge in [-0.25, -0.2) is 0 Å². The van der Waals surface area contributed by atoms with Gasteiger partial charge in [-0.05, 0) is 37.0 Å². The summed E-state index contributed by atoms with van der Waals surface area (Å²) in [5, 5.41) is 0.712. The van der Waals surface area contributed by atoms with Crippen LogP contribution < -0.4 is 10.5 Å². The van der Waals surface area contributed by atoms with Gasteiger partial charge in [-0.15, -0.1) is 0 Å². The Kier molecular flexibility index (Phi) is 2.94. The molecule has 0 bridgehead atoms. The summed E-state index contributed by atoms with van der Waals surface area (Å²) in [5.41, 5.74) is 6.59. The van der Waals surface area contributed by atoms with Crippen LogP contribution >= 0.6 is 11.6 Å². The smallest absolute Gasteiger partial charge is 0.123 e. The number of nitrogens with two attached hydrogens (primary N) is 1. The number of halogens is 1. The van der Waals surface area contributed by atoms with Crippen molar-refractivity contribution in [2.75, 3.05) is 6.61 Å². The average molecular weight is 212 g/mol. The Morgan fingerprint density at radius 2 is 2.21 bits per heavy atom. The van der Waals surface area contributed by atoms with E-state index in [0.29, 0.717) is 11.6 Å². The highest BCUT2D eigenvalue weighted by atomic mass is 35.5. The zero-order valence-electron chi connectivity index (χ0n) is 8.00. The maximum atomic E-state index is 5.86. The molecule has 1 aliphatic carbocycles. The molecule has 3 heteroatoms. The summed E-state index contributed by atoms with van der Waals surface area (Å²) in [6.07, 6.45) is 2.59. The first-order chi connectivity index (χ1) is 6.79. The van der Waals surface area contributed by atoms with E-state index in [2.05, 4.69) is 0 Å². The van der Waals surface area contributed by atoms with Gasteiger partial charge < -0.3 is 10.5 Å². The van der Waals surface area contributed by atoms with Crippen molar-refractivity contribution < 1.29 is 4.74 Å². The highest BCUT2D eigenvalue weighted by molar-refractivity contribution is 6.30. The molecule has 0 unspecified atom stereocenters. The van der Waals surface area contributed by atoms with Crippen molar-refractivity contribution in [1.29, 1.82) is 0 Å². The highest BCUT2D eigenvalue weighted by Crippen LogP contribution is 2.30. The van der Waals surface area contributed by atoms with Crippen LogP contribution in [0.15, 0.2) is 18.2 Å². The molecule has 1 fully saturated rings. The lowest BCUT2D eigenvalue weighted by Gasteiger charge is -2.09. The van der Waals surface area contributed by atoms with E-state index >= 15 is 0 Å². The molecule has 0 aliphatic heterocycles. The lowest BCUT2D eigenvalue weighted by atomic mass is 10.2. The molecule has 2 N–H and O–H groups in total. The van der Waals surface area contributed by atoms with Gasteiger partial charge in [-0.3, -0.25) is 0 Å². The number of ether oxygens (including phenoxy) is 1. The lowest BCUT2D eigenvalue weighted by molar-refractivity contribution is 0.297. The molecule has 76 valence electrons. The molecule has 1 aromatic rings. The molecule has 1 aliphatic rings. The van der Waals surface area contributed by atoms with Crippen molar-refractivity contribution in [1.82, 2.24) is 0 Å². The van der Waals surface area contributed by atoms with Crippen molar-refractivity contribution in [3.05, 3.63) is 28.8 Å². The largest absolute Gasteiger partial charge is 0.493 e. The molecule has 2 rings (SSSR count). The SMILES string of the molecule is NCc1cc(Cl)ccc1OCC1CC1. The van der Waals surface area contributed by atoms with E-state index in [0.717, 1.165) is 23.8 Å². The summed E-state index contributed by atoms with van der Waals surface area (Å²) < 4.78 is 5.67. The first-order valence-electron chi connectivity index (χ1n) is 4.91. The zero-order valence-corrected chi connectivity index (χ0v) is 8.76. The number of benzene rings is 1. The fourth-order valence-electron chi connectivity index (χ4n) is 1.34. The van der Waals surface area contributed by atoms with Crippen LogP contribution in [0.1, 0.15) is 18.4 Å². The van der Waals surface area contributed by atoms with Crippen molar-refractivity contribution in [2.45, 2.75) is 19.4 Å². The second kappa shape index (κ2) is 4.20. The monoisotopic (exact) mass is 211 g/mol. The van der Waals surface area contributed by atoms with Crippen LogP contribution in [0.25, 0.3) is 0 Å². The number of hydrogen-bond acceptors (Lipinski definition) is 2. The molecule has 0 heterocycles. The molecular weight excluding hydrogens is 198 g/mol. The maximum Gasteiger partial charge on any atom is 0.123 e. The Bertz CT molecular complexity index is 323. The van der Waals surface area contributed by atoms with E-state index in [1.165, 1.54) is 12.8 Å². The van der Waals surface area contributed by atoms with E-state index in [9.17, 15) is 0 Å². The average Bonchev–Trinajstić information content (AvgIpc) is 2.99. The van der Waals surface area contributed by atoms with Gasteiger partial charge in [0.2, 0.25) is 0 Å². The maximum absolute atomic E-state index is 5.86. The predicted molar refractivity (Wildman–Crippen MR) is 57.6 cm³/mol. The summed E-state index contributed by atoms with van der Waals surface area (Å²) in [4.78, 5) is 0. The van der Waals surface area contributed by atoms with Gasteiger partial charge in [0.05, 0.1) is 6.61 Å². The number of rotatable bonds is 4. The van der Waals surface area contributed by atoms with Crippen molar-refractivity contribution >= 4 is 11.6 Å². The van der Waals surface area contributed by atoms with Crippen LogP contribution in [0, 0.1) is 5.92 Å². The van der Waals surface area contributed by atoms with Gasteiger partial charge in [0, 0.05) is 17.1 Å². The molecule has 0 saturated heterocycles. The van der Waals surface area contributed by atoms with Gasteiger partial charge in [-0.1, -0.05) is 11.6 Å². The van der Waals surface area contributed by atoms with Gasteiger partial charge >= 0.3 is 0 Å². The molecule has 0 spiro atoms. The molecule has 0 aromatic heterocycles. The predicted octanol–water partition coefficient (Wildman–Crippen LogP) is 2.59. The third-order valence-corrected chi connectivity index (χ3v) is 2.65. The third kappa shape index (κ3) is 2.40. The van der Waals surface area contributed by atoms with Crippen LogP contribution in [0.2, 0.25) is 5.02 Å². The van der Waals surface area contributed by atoms with Crippen molar-refractivity contribution in [3.8, 4) is 5.75 Å². The van der Waals surface area contributed by atoms with Gasteiger partial charge in [0.15, 0.2) is 0 Å². The van der Waals surface area contributed by atoms with E-state index in [1.54, 1.807) is 0 Å². The van der Waals surface area contributed by atoms with E-state index in [-0.39, 0.29) is 0 Å². The lowest BCUT2D eigenvalue weighted by Crippen LogP contribution is -2.04. The standard InChI is InChI=1S/C11H14ClNO/c12-10-3-4-11(9(5-10)6-13)14-7-8-1-2-8/h3-5,8H,1-2,6-7,13H2. The quantitative estimate of drug-likeness (QED) is 0.831. The summed E-state index contributed by atoms with van der Waals surface area (Å²) in [6.45, 7) is 1.29. The summed E-state index contributed by atoms with van der Waals surface area (Å²) in [5.74, 6) is 1.64. The molecule has 2 nitrogen and oxygen atoms in total. The minimum atomic E-state index is 0.473. The molecule has 14 heavy (non-hydrogen) atoms. The topological polar surface area (TPSA) is 35.2 Å². The van der Waals surface area contributed by atoms with E-state index in [1.807, 2.05) is 18.2 Å². The van der Waals surface area contributed by atoms with Gasteiger partial charge in [-0.2, -0.15) is 0 Å². The van der Waals surface area contributed by atoms with Crippen LogP contribution in [0.3, 0.4) is 0 Å². The van der Waals surface area contributed by atoms with Crippen LogP contribution in [-0.4, -0.2) is 6.61 Å². The normalized spacial score (nSPS) is 15.6. The molecule has 0 amide bonds. The Hall–Kier alpha value is -0.730. The molecule has 0 radical (unpaired) electrons. The van der Waals surface area contributed by atoms with Gasteiger partial charge in [0.1, 0.15) is 5.75 Å². The number of hydrogen-bond donors (Lipinski definition) is 1. The Morgan fingerprint density at radius 3 is 2.86 bits per heavy atom. The Balaban J connectivity index is 2.05. The fourth-order valence-corrected chi connectivity index (χ4v) is 1.54.